The highest BCUT2D eigenvalue weighted by Crippen LogP contribution is 2.27. The lowest BCUT2D eigenvalue weighted by Crippen LogP contribution is -2.02. The number of aryl methyl sites for hydroxylation is 1. The Labute approximate surface area is 115 Å². The van der Waals surface area contributed by atoms with Gasteiger partial charge in [0.15, 0.2) is 0 Å². The van der Waals surface area contributed by atoms with Crippen molar-refractivity contribution in [1.82, 2.24) is 9.78 Å². The number of thioether (sulfide) groups is 1. The van der Waals surface area contributed by atoms with Crippen LogP contribution in [0.15, 0.2) is 47.6 Å². The van der Waals surface area contributed by atoms with E-state index in [2.05, 4.69) is 57.6 Å². The van der Waals surface area contributed by atoms with Gasteiger partial charge in [0.1, 0.15) is 0 Å². The Balaban J connectivity index is 1.97. The van der Waals surface area contributed by atoms with Crippen molar-refractivity contribution >= 4 is 27.7 Å². The maximum atomic E-state index is 4.18. The van der Waals surface area contributed by atoms with Crippen molar-refractivity contribution in [3.05, 3.63) is 48.3 Å². The van der Waals surface area contributed by atoms with Crippen molar-refractivity contribution < 1.29 is 0 Å². The highest BCUT2D eigenvalue weighted by Gasteiger charge is 2.10. The second-order valence-corrected chi connectivity index (χ2v) is 5.66. The second kappa shape index (κ2) is 6.26. The number of halogens is 1. The van der Waals surface area contributed by atoms with E-state index in [4.69, 9.17) is 0 Å². The number of rotatable bonds is 5. The molecular weight excluding hydrogens is 296 g/mol. The molecule has 2 nitrogen and oxygen atoms in total. The maximum Gasteiger partial charge on any atom is 0.0625 e. The Morgan fingerprint density at radius 2 is 2.12 bits per heavy atom. The van der Waals surface area contributed by atoms with Crippen LogP contribution in [0.4, 0.5) is 0 Å². The van der Waals surface area contributed by atoms with Gasteiger partial charge in [-0.15, -0.1) is 11.8 Å². The summed E-state index contributed by atoms with van der Waals surface area (Å²) in [5.74, 6) is 1.61. The highest BCUT2D eigenvalue weighted by atomic mass is 79.9. The van der Waals surface area contributed by atoms with E-state index < -0.39 is 0 Å². The molecule has 0 amide bonds. The van der Waals surface area contributed by atoms with Gasteiger partial charge in [-0.25, -0.2) is 0 Å². The van der Waals surface area contributed by atoms with E-state index >= 15 is 0 Å². The van der Waals surface area contributed by atoms with Gasteiger partial charge in [0, 0.05) is 35.1 Å². The molecule has 0 spiro atoms. The lowest BCUT2D eigenvalue weighted by molar-refractivity contribution is 0.766. The lowest BCUT2D eigenvalue weighted by atomic mass is 10.0. The number of hydrogen-bond acceptors (Lipinski definition) is 2. The van der Waals surface area contributed by atoms with Gasteiger partial charge in [0.25, 0.3) is 0 Å². The first-order valence-corrected chi connectivity index (χ1v) is 7.62. The second-order valence-electron chi connectivity index (χ2n) is 3.92. The van der Waals surface area contributed by atoms with E-state index in [1.165, 1.54) is 10.5 Å². The Morgan fingerprint density at radius 1 is 1.35 bits per heavy atom. The van der Waals surface area contributed by atoms with Crippen molar-refractivity contribution in [2.45, 2.75) is 10.8 Å². The third-order valence-corrected chi connectivity index (χ3v) is 4.48. The summed E-state index contributed by atoms with van der Waals surface area (Å²) in [7, 11) is 1.95. The van der Waals surface area contributed by atoms with Crippen LogP contribution in [0.5, 0.6) is 0 Å². The Hall–Kier alpha value is -0.740. The zero-order valence-electron chi connectivity index (χ0n) is 9.71. The minimum atomic E-state index is 0.543. The standard InChI is InChI=1S/C13H15BrN2S/c1-16-9-13(8-15-16)17-10-12(7-14)11-5-3-2-4-6-11/h2-6,8-9,12H,7,10H2,1H3. The quantitative estimate of drug-likeness (QED) is 0.619. The van der Waals surface area contributed by atoms with Gasteiger partial charge >= 0.3 is 0 Å². The summed E-state index contributed by atoms with van der Waals surface area (Å²) in [5.41, 5.74) is 1.39. The van der Waals surface area contributed by atoms with Crippen LogP contribution in [0.2, 0.25) is 0 Å². The van der Waals surface area contributed by atoms with Gasteiger partial charge < -0.3 is 0 Å². The maximum absolute atomic E-state index is 4.18. The van der Waals surface area contributed by atoms with E-state index in [-0.39, 0.29) is 0 Å². The first kappa shape index (κ1) is 12.7. The third kappa shape index (κ3) is 3.61. The average molecular weight is 311 g/mol. The molecule has 0 saturated carbocycles. The predicted molar refractivity (Wildman–Crippen MR) is 76.9 cm³/mol. The number of benzene rings is 1. The summed E-state index contributed by atoms with van der Waals surface area (Å²) in [4.78, 5) is 1.23. The van der Waals surface area contributed by atoms with Crippen LogP contribution in [0.3, 0.4) is 0 Å². The third-order valence-electron chi connectivity index (χ3n) is 2.59. The van der Waals surface area contributed by atoms with Crippen LogP contribution >= 0.6 is 27.7 Å². The largest absolute Gasteiger partial charge is 0.275 e. The van der Waals surface area contributed by atoms with E-state index in [0.29, 0.717) is 5.92 Å². The Kier molecular flexibility index (Phi) is 4.68. The molecular formula is C13H15BrN2S. The van der Waals surface area contributed by atoms with Gasteiger partial charge in [-0.2, -0.15) is 5.10 Å². The summed E-state index contributed by atoms with van der Waals surface area (Å²) >= 11 is 5.45. The van der Waals surface area contributed by atoms with Crippen LogP contribution in [-0.2, 0) is 7.05 Å². The first-order chi connectivity index (χ1) is 8.29. The summed E-state index contributed by atoms with van der Waals surface area (Å²) in [6, 6.07) is 10.6. The fraction of sp³-hybridized carbons (Fsp3) is 0.308. The van der Waals surface area contributed by atoms with Gasteiger partial charge in [-0.3, -0.25) is 4.68 Å². The van der Waals surface area contributed by atoms with Gasteiger partial charge in [-0.05, 0) is 5.56 Å². The number of hydrogen-bond donors (Lipinski definition) is 0. The molecule has 2 rings (SSSR count). The number of alkyl halides is 1. The zero-order valence-corrected chi connectivity index (χ0v) is 12.1. The van der Waals surface area contributed by atoms with Crippen molar-refractivity contribution in [3.8, 4) is 0 Å². The molecule has 0 aliphatic heterocycles. The predicted octanol–water partition coefficient (Wildman–Crippen LogP) is 3.69. The smallest absolute Gasteiger partial charge is 0.0625 e. The molecule has 0 saturated heterocycles. The van der Waals surface area contributed by atoms with Gasteiger partial charge in [0.05, 0.1) is 6.20 Å². The topological polar surface area (TPSA) is 17.8 Å². The molecule has 1 aromatic carbocycles. The molecule has 0 bridgehead atoms. The molecule has 0 aliphatic carbocycles. The van der Waals surface area contributed by atoms with E-state index in [1.807, 2.05) is 29.7 Å². The summed E-state index contributed by atoms with van der Waals surface area (Å²) in [5, 5.41) is 5.17. The van der Waals surface area contributed by atoms with Gasteiger partial charge in [0.2, 0.25) is 0 Å². The molecule has 0 N–H and O–H groups in total. The van der Waals surface area contributed by atoms with E-state index in [9.17, 15) is 0 Å². The summed E-state index contributed by atoms with van der Waals surface area (Å²) in [6.07, 6.45) is 3.97. The average Bonchev–Trinajstić information content (AvgIpc) is 2.77. The molecule has 0 radical (unpaired) electrons. The number of aromatic nitrogens is 2. The molecule has 4 heteroatoms. The monoisotopic (exact) mass is 310 g/mol. The highest BCUT2D eigenvalue weighted by molar-refractivity contribution is 9.09. The van der Waals surface area contributed by atoms with Crippen LogP contribution in [0.25, 0.3) is 0 Å². The van der Waals surface area contributed by atoms with Crippen molar-refractivity contribution in [3.63, 3.8) is 0 Å². The van der Waals surface area contributed by atoms with Crippen molar-refractivity contribution in [2.75, 3.05) is 11.1 Å². The molecule has 1 aromatic heterocycles. The summed E-state index contributed by atoms with van der Waals surface area (Å²) in [6.45, 7) is 0. The Bertz CT molecular complexity index is 455. The molecule has 0 fully saturated rings. The molecule has 2 aromatic rings. The van der Waals surface area contributed by atoms with E-state index in [0.717, 1.165) is 11.1 Å². The molecule has 1 unspecified atom stereocenters. The molecule has 1 heterocycles. The first-order valence-electron chi connectivity index (χ1n) is 5.52. The lowest BCUT2D eigenvalue weighted by Gasteiger charge is -2.13. The fourth-order valence-corrected chi connectivity index (χ4v) is 3.58. The molecule has 1 atom stereocenters. The zero-order chi connectivity index (χ0) is 12.1. The number of nitrogens with zero attached hydrogens (tertiary/aromatic N) is 2. The van der Waals surface area contributed by atoms with Crippen LogP contribution in [0, 0.1) is 0 Å². The SMILES string of the molecule is Cn1cc(SCC(CBr)c2ccccc2)cn1. The fourth-order valence-electron chi connectivity index (χ4n) is 1.63. The minimum Gasteiger partial charge on any atom is -0.275 e. The van der Waals surface area contributed by atoms with Crippen LogP contribution in [-0.4, -0.2) is 20.9 Å². The molecule has 0 aliphatic rings. The van der Waals surface area contributed by atoms with Crippen LogP contribution in [0.1, 0.15) is 11.5 Å². The minimum absolute atomic E-state index is 0.543. The Morgan fingerprint density at radius 3 is 2.71 bits per heavy atom. The summed E-state index contributed by atoms with van der Waals surface area (Å²) < 4.78 is 1.84. The normalized spacial score (nSPS) is 12.6. The van der Waals surface area contributed by atoms with Crippen molar-refractivity contribution in [1.29, 1.82) is 0 Å². The molecule has 90 valence electrons. The van der Waals surface area contributed by atoms with Gasteiger partial charge in [-0.1, -0.05) is 46.3 Å². The molecule has 17 heavy (non-hydrogen) atoms. The van der Waals surface area contributed by atoms with E-state index in [1.54, 1.807) is 0 Å². The van der Waals surface area contributed by atoms with Crippen LogP contribution < -0.4 is 0 Å². The van der Waals surface area contributed by atoms with Crippen molar-refractivity contribution in [2.24, 2.45) is 7.05 Å².